The summed E-state index contributed by atoms with van der Waals surface area (Å²) in [5, 5.41) is 0. The van der Waals surface area contributed by atoms with Gasteiger partial charge in [-0.1, -0.05) is 28.1 Å². The molecule has 0 N–H and O–H groups in total. The lowest BCUT2D eigenvalue weighted by Gasteiger charge is -2.28. The Labute approximate surface area is 106 Å². The van der Waals surface area contributed by atoms with Crippen LogP contribution in [0.5, 0.6) is 0 Å². The first-order chi connectivity index (χ1) is 7.21. The molecule has 0 bridgehead atoms. The smallest absolute Gasteiger partial charge is 0.123 e. The molecule has 2 nitrogen and oxygen atoms in total. The van der Waals surface area contributed by atoms with E-state index in [1.54, 1.807) is 0 Å². The van der Waals surface area contributed by atoms with E-state index in [-0.39, 0.29) is 5.60 Å². The molecule has 0 aliphatic rings. The van der Waals surface area contributed by atoms with E-state index in [0.717, 1.165) is 10.0 Å². The second-order valence-electron chi connectivity index (χ2n) is 5.30. The second-order valence-corrected chi connectivity index (χ2v) is 6.21. The Bertz CT molecular complexity index is 336. The third-order valence-electron chi connectivity index (χ3n) is 2.04. The second kappa shape index (κ2) is 4.86. The zero-order valence-corrected chi connectivity index (χ0v) is 12.1. The van der Waals surface area contributed by atoms with Crippen molar-refractivity contribution in [3.05, 3.63) is 34.3 Å². The highest BCUT2D eigenvalue weighted by Crippen LogP contribution is 2.28. The van der Waals surface area contributed by atoms with Gasteiger partial charge in [-0.05, 0) is 52.3 Å². The highest BCUT2D eigenvalue weighted by Gasteiger charge is 2.25. The van der Waals surface area contributed by atoms with E-state index in [9.17, 15) is 0 Å². The molecule has 0 atom stereocenters. The summed E-state index contributed by atoms with van der Waals surface area (Å²) in [4.78, 5) is 10.9. The lowest BCUT2D eigenvalue weighted by Crippen LogP contribution is -2.28. The Kier molecular flexibility index (Phi) is 4.16. The predicted octanol–water partition coefficient (Wildman–Crippen LogP) is 4.43. The SMILES string of the molecule is CC(C)(C)OOC(C)(C)c1ccc(Br)cc1. The standard InChI is InChI=1S/C13H19BrO2/c1-12(2,3)15-16-13(4,5)10-6-8-11(14)9-7-10/h6-9H,1-5H3. The topological polar surface area (TPSA) is 18.5 Å². The third-order valence-corrected chi connectivity index (χ3v) is 2.57. The quantitative estimate of drug-likeness (QED) is 0.604. The van der Waals surface area contributed by atoms with Crippen LogP contribution in [-0.4, -0.2) is 5.60 Å². The van der Waals surface area contributed by atoms with E-state index in [2.05, 4.69) is 15.9 Å². The average molecular weight is 287 g/mol. The van der Waals surface area contributed by atoms with Gasteiger partial charge in [-0.3, -0.25) is 0 Å². The van der Waals surface area contributed by atoms with Crippen molar-refractivity contribution < 1.29 is 9.78 Å². The molecule has 0 radical (unpaired) electrons. The summed E-state index contributed by atoms with van der Waals surface area (Å²) in [7, 11) is 0. The van der Waals surface area contributed by atoms with E-state index in [0.29, 0.717) is 0 Å². The minimum Gasteiger partial charge on any atom is -0.230 e. The lowest BCUT2D eigenvalue weighted by molar-refractivity contribution is -0.401. The molecule has 0 unspecified atom stereocenters. The van der Waals surface area contributed by atoms with Gasteiger partial charge in [0.05, 0.1) is 5.60 Å². The fourth-order valence-electron chi connectivity index (χ4n) is 1.13. The monoisotopic (exact) mass is 286 g/mol. The first-order valence-corrected chi connectivity index (χ1v) is 6.13. The van der Waals surface area contributed by atoms with Crippen LogP contribution in [0.3, 0.4) is 0 Å². The first-order valence-electron chi connectivity index (χ1n) is 5.34. The number of hydrogen-bond acceptors (Lipinski definition) is 2. The summed E-state index contributed by atoms with van der Waals surface area (Å²) in [6.07, 6.45) is 0. The van der Waals surface area contributed by atoms with E-state index in [4.69, 9.17) is 9.78 Å². The molecule has 3 heteroatoms. The van der Waals surface area contributed by atoms with Gasteiger partial charge in [-0.25, -0.2) is 9.78 Å². The van der Waals surface area contributed by atoms with Gasteiger partial charge in [0.1, 0.15) is 5.60 Å². The molecule has 0 fully saturated rings. The van der Waals surface area contributed by atoms with Crippen molar-refractivity contribution in [3.63, 3.8) is 0 Å². The molecule has 0 aliphatic carbocycles. The van der Waals surface area contributed by atoms with Gasteiger partial charge in [-0.2, -0.15) is 0 Å². The zero-order valence-electron chi connectivity index (χ0n) is 10.5. The van der Waals surface area contributed by atoms with Crippen molar-refractivity contribution in [2.75, 3.05) is 0 Å². The number of hydrogen-bond donors (Lipinski definition) is 0. The van der Waals surface area contributed by atoms with Crippen LogP contribution in [0.2, 0.25) is 0 Å². The Hall–Kier alpha value is -0.380. The Morgan fingerprint density at radius 3 is 1.81 bits per heavy atom. The molecule has 0 saturated heterocycles. The minimum absolute atomic E-state index is 0.299. The van der Waals surface area contributed by atoms with Gasteiger partial charge in [0.2, 0.25) is 0 Å². The highest BCUT2D eigenvalue weighted by molar-refractivity contribution is 9.10. The molecule has 90 valence electrons. The van der Waals surface area contributed by atoms with Gasteiger partial charge < -0.3 is 0 Å². The van der Waals surface area contributed by atoms with Crippen LogP contribution in [0, 0.1) is 0 Å². The van der Waals surface area contributed by atoms with Gasteiger partial charge in [-0.15, -0.1) is 0 Å². The van der Waals surface area contributed by atoms with Crippen LogP contribution < -0.4 is 0 Å². The summed E-state index contributed by atoms with van der Waals surface area (Å²) >= 11 is 3.41. The Morgan fingerprint density at radius 2 is 1.38 bits per heavy atom. The van der Waals surface area contributed by atoms with Crippen molar-refractivity contribution >= 4 is 15.9 Å². The largest absolute Gasteiger partial charge is 0.230 e. The van der Waals surface area contributed by atoms with Gasteiger partial charge in [0.15, 0.2) is 0 Å². The summed E-state index contributed by atoms with van der Waals surface area (Å²) < 4.78 is 1.06. The third kappa shape index (κ3) is 4.24. The fourth-order valence-corrected chi connectivity index (χ4v) is 1.39. The van der Waals surface area contributed by atoms with Crippen molar-refractivity contribution in [3.8, 4) is 0 Å². The fraction of sp³-hybridized carbons (Fsp3) is 0.538. The minimum atomic E-state index is -0.450. The molecule has 16 heavy (non-hydrogen) atoms. The number of halogens is 1. The van der Waals surface area contributed by atoms with Gasteiger partial charge in [0.25, 0.3) is 0 Å². The van der Waals surface area contributed by atoms with Crippen LogP contribution >= 0.6 is 15.9 Å². The van der Waals surface area contributed by atoms with Crippen LogP contribution in [0.25, 0.3) is 0 Å². The highest BCUT2D eigenvalue weighted by atomic mass is 79.9. The first kappa shape index (κ1) is 13.7. The zero-order chi connectivity index (χ0) is 12.4. The molecule has 1 aromatic rings. The van der Waals surface area contributed by atoms with Crippen LogP contribution in [0.1, 0.15) is 40.2 Å². The maximum atomic E-state index is 5.50. The average Bonchev–Trinajstić information content (AvgIpc) is 2.15. The predicted molar refractivity (Wildman–Crippen MR) is 69.1 cm³/mol. The molecular weight excluding hydrogens is 268 g/mol. The molecule has 0 amide bonds. The lowest BCUT2D eigenvalue weighted by atomic mass is 9.99. The maximum absolute atomic E-state index is 5.50. The van der Waals surface area contributed by atoms with Crippen LogP contribution in [-0.2, 0) is 15.4 Å². The molecule has 0 aromatic heterocycles. The molecule has 0 spiro atoms. The molecule has 0 heterocycles. The summed E-state index contributed by atoms with van der Waals surface area (Å²) in [6, 6.07) is 8.04. The normalized spacial score (nSPS) is 12.9. The van der Waals surface area contributed by atoms with Crippen LogP contribution in [0.15, 0.2) is 28.7 Å². The van der Waals surface area contributed by atoms with Crippen molar-refractivity contribution in [2.45, 2.75) is 45.8 Å². The van der Waals surface area contributed by atoms with Gasteiger partial charge in [0, 0.05) is 4.47 Å². The number of rotatable bonds is 3. The maximum Gasteiger partial charge on any atom is 0.123 e. The van der Waals surface area contributed by atoms with E-state index in [1.807, 2.05) is 58.9 Å². The van der Waals surface area contributed by atoms with Gasteiger partial charge >= 0.3 is 0 Å². The van der Waals surface area contributed by atoms with Crippen molar-refractivity contribution in [2.24, 2.45) is 0 Å². The molecular formula is C13H19BrO2. The summed E-state index contributed by atoms with van der Waals surface area (Å²) in [6.45, 7) is 9.87. The summed E-state index contributed by atoms with van der Waals surface area (Å²) in [5.74, 6) is 0. The van der Waals surface area contributed by atoms with Crippen molar-refractivity contribution in [1.29, 1.82) is 0 Å². The summed E-state index contributed by atoms with van der Waals surface area (Å²) in [5.41, 5.74) is 0.334. The van der Waals surface area contributed by atoms with E-state index in [1.165, 1.54) is 0 Å². The van der Waals surface area contributed by atoms with Crippen molar-refractivity contribution in [1.82, 2.24) is 0 Å². The molecule has 1 aromatic carbocycles. The number of benzene rings is 1. The van der Waals surface area contributed by atoms with E-state index < -0.39 is 5.60 Å². The van der Waals surface area contributed by atoms with E-state index >= 15 is 0 Å². The molecule has 0 aliphatic heterocycles. The molecule has 1 rings (SSSR count). The Morgan fingerprint density at radius 1 is 0.875 bits per heavy atom. The Balaban J connectivity index is 2.73. The molecule has 0 saturated carbocycles. The van der Waals surface area contributed by atoms with Crippen LogP contribution in [0.4, 0.5) is 0 Å².